The van der Waals surface area contributed by atoms with Gasteiger partial charge in [-0.3, -0.25) is 9.48 Å². The minimum atomic E-state index is -1.01. The Balaban J connectivity index is 0.00000156. The highest BCUT2D eigenvalue weighted by atomic mass is 79.9. The lowest BCUT2D eigenvalue weighted by atomic mass is 9.91. The number of nitrogens with zero attached hydrogens (tertiary/aromatic N) is 3. The fourth-order valence-electron chi connectivity index (χ4n) is 3.12. The predicted octanol–water partition coefficient (Wildman–Crippen LogP) is 3.22. The number of rotatable bonds is 3. The highest BCUT2D eigenvalue weighted by molar-refractivity contribution is 9.10. The van der Waals surface area contributed by atoms with E-state index < -0.39 is 5.54 Å². The largest absolute Gasteiger partial charge is 0.340 e. The van der Waals surface area contributed by atoms with E-state index >= 15 is 0 Å². The van der Waals surface area contributed by atoms with Gasteiger partial charge in [0.1, 0.15) is 5.54 Å². The molecule has 2 heterocycles. The van der Waals surface area contributed by atoms with Crippen molar-refractivity contribution in [2.45, 2.75) is 24.8 Å². The van der Waals surface area contributed by atoms with Crippen LogP contribution in [0, 0.1) is 0 Å². The van der Waals surface area contributed by atoms with Crippen LogP contribution in [0.4, 0.5) is 0 Å². The summed E-state index contributed by atoms with van der Waals surface area (Å²) in [5.41, 5.74) is 7.38. The maximum Gasteiger partial charge on any atom is 0.246 e. The Labute approximate surface area is 168 Å². The molecule has 0 spiro atoms. The first-order valence-electron chi connectivity index (χ1n) is 7.71. The molecule has 0 aliphatic carbocycles. The summed E-state index contributed by atoms with van der Waals surface area (Å²) in [5.74, 6) is 0.319. The molecule has 1 saturated heterocycles. The molecule has 2 atom stereocenters. The van der Waals surface area contributed by atoms with E-state index in [1.165, 1.54) is 5.56 Å². The van der Waals surface area contributed by atoms with Crippen molar-refractivity contribution in [1.29, 1.82) is 0 Å². The van der Waals surface area contributed by atoms with Crippen molar-refractivity contribution in [1.82, 2.24) is 14.7 Å². The van der Waals surface area contributed by atoms with Crippen LogP contribution < -0.4 is 5.73 Å². The van der Waals surface area contributed by atoms with E-state index in [0.717, 1.165) is 23.0 Å². The van der Waals surface area contributed by atoms with Gasteiger partial charge in [0.05, 0.1) is 6.20 Å². The number of amides is 1. The third-order valence-corrected chi connectivity index (χ3v) is 5.09. The number of carbonyl (C=O) groups excluding carboxylic acids is 1. The van der Waals surface area contributed by atoms with Gasteiger partial charge >= 0.3 is 0 Å². The van der Waals surface area contributed by atoms with Crippen LogP contribution >= 0.6 is 40.7 Å². The second-order valence-electron chi connectivity index (χ2n) is 6.39. The van der Waals surface area contributed by atoms with Crippen LogP contribution in [0.5, 0.6) is 0 Å². The molecule has 1 aliphatic rings. The molecular weight excluding hydrogens is 427 g/mol. The first-order valence-corrected chi connectivity index (χ1v) is 8.50. The van der Waals surface area contributed by atoms with Crippen LogP contribution in [-0.2, 0) is 17.4 Å². The van der Waals surface area contributed by atoms with Gasteiger partial charge in [0.15, 0.2) is 0 Å². The van der Waals surface area contributed by atoms with Crippen LogP contribution in [0.1, 0.15) is 30.4 Å². The maximum atomic E-state index is 12.9. The lowest BCUT2D eigenvalue weighted by molar-refractivity contribution is -0.135. The Kier molecular flexibility index (Phi) is 7.50. The monoisotopic (exact) mass is 448 g/mol. The first kappa shape index (κ1) is 22.0. The molecule has 0 saturated carbocycles. The molecule has 3 rings (SSSR count). The van der Waals surface area contributed by atoms with Crippen molar-refractivity contribution in [2.24, 2.45) is 12.8 Å². The van der Waals surface area contributed by atoms with Gasteiger partial charge in [0.25, 0.3) is 0 Å². The van der Waals surface area contributed by atoms with Gasteiger partial charge in [0.2, 0.25) is 5.91 Å². The Morgan fingerprint density at radius 1 is 1.32 bits per heavy atom. The third-order valence-electron chi connectivity index (χ3n) is 4.56. The zero-order valence-electron chi connectivity index (χ0n) is 14.2. The third kappa shape index (κ3) is 4.56. The topological polar surface area (TPSA) is 64.2 Å². The molecule has 25 heavy (non-hydrogen) atoms. The van der Waals surface area contributed by atoms with Crippen molar-refractivity contribution in [3.63, 3.8) is 0 Å². The number of nitrogens with two attached hydrogens (primary N) is 1. The van der Waals surface area contributed by atoms with E-state index in [-0.39, 0.29) is 30.7 Å². The molecule has 138 valence electrons. The summed E-state index contributed by atoms with van der Waals surface area (Å²) in [6, 6.07) is 7.62. The summed E-state index contributed by atoms with van der Waals surface area (Å²) in [7, 11) is 1.91. The minimum absolute atomic E-state index is 0. The lowest BCUT2D eigenvalue weighted by Gasteiger charge is -2.29. The number of hydrogen-bond donors (Lipinski definition) is 1. The summed E-state index contributed by atoms with van der Waals surface area (Å²) in [5, 5.41) is 4.22. The zero-order chi connectivity index (χ0) is 16.6. The molecule has 1 amide bonds. The number of aromatic nitrogens is 2. The smallest absolute Gasteiger partial charge is 0.246 e. The van der Waals surface area contributed by atoms with Crippen LogP contribution in [0.15, 0.2) is 41.1 Å². The summed E-state index contributed by atoms with van der Waals surface area (Å²) in [4.78, 5) is 14.8. The van der Waals surface area contributed by atoms with Crippen molar-refractivity contribution < 1.29 is 4.79 Å². The molecule has 2 unspecified atom stereocenters. The standard InChI is InChI=1S/C17H21BrN4O.2ClH/c1-17(19,14-3-5-15(18)6-4-14)16(23)22-8-7-12(11-22)13-9-20-21(2)10-13;;/h3-6,9-10,12H,7-8,11,19H2,1-2H3;2*1H. The van der Waals surface area contributed by atoms with Gasteiger partial charge in [0, 0.05) is 36.7 Å². The number of carbonyl (C=O) groups is 1. The lowest BCUT2D eigenvalue weighted by Crippen LogP contribution is -2.50. The number of aryl methyl sites for hydroxylation is 1. The van der Waals surface area contributed by atoms with E-state index in [4.69, 9.17) is 5.73 Å². The van der Waals surface area contributed by atoms with E-state index in [1.54, 1.807) is 11.6 Å². The van der Waals surface area contributed by atoms with Crippen LogP contribution in [0.3, 0.4) is 0 Å². The fourth-order valence-corrected chi connectivity index (χ4v) is 3.38. The molecule has 0 radical (unpaired) electrons. The van der Waals surface area contributed by atoms with Crippen molar-refractivity contribution >= 4 is 46.7 Å². The molecular formula is C17H23BrCl2N4O. The second kappa shape index (κ2) is 8.54. The number of benzene rings is 1. The molecule has 5 nitrogen and oxygen atoms in total. The number of hydrogen-bond acceptors (Lipinski definition) is 3. The average Bonchev–Trinajstić information content (AvgIpc) is 3.15. The predicted molar refractivity (Wildman–Crippen MR) is 107 cm³/mol. The van der Waals surface area contributed by atoms with E-state index in [2.05, 4.69) is 21.0 Å². The molecule has 2 aromatic rings. The van der Waals surface area contributed by atoms with E-state index in [1.807, 2.05) is 48.6 Å². The molecule has 1 fully saturated rings. The maximum absolute atomic E-state index is 12.9. The van der Waals surface area contributed by atoms with Gasteiger partial charge in [-0.05, 0) is 36.6 Å². The fraction of sp³-hybridized carbons (Fsp3) is 0.412. The average molecular weight is 450 g/mol. The molecule has 8 heteroatoms. The molecule has 2 N–H and O–H groups in total. The Morgan fingerprint density at radius 2 is 1.96 bits per heavy atom. The quantitative estimate of drug-likeness (QED) is 0.782. The van der Waals surface area contributed by atoms with Crippen molar-refractivity contribution in [3.8, 4) is 0 Å². The SMILES string of the molecule is Cl.Cl.Cn1cc(C2CCN(C(=O)C(C)(N)c3ccc(Br)cc3)C2)cn1. The highest BCUT2D eigenvalue weighted by Crippen LogP contribution is 2.30. The van der Waals surface area contributed by atoms with Gasteiger partial charge in [-0.15, -0.1) is 24.8 Å². The Bertz CT molecular complexity index is 718. The van der Waals surface area contributed by atoms with Crippen LogP contribution in [0.25, 0.3) is 0 Å². The minimum Gasteiger partial charge on any atom is -0.340 e. The Hall–Kier alpha value is -1.08. The van der Waals surface area contributed by atoms with Gasteiger partial charge in [-0.1, -0.05) is 28.1 Å². The summed E-state index contributed by atoms with van der Waals surface area (Å²) < 4.78 is 2.77. The van der Waals surface area contributed by atoms with Crippen molar-refractivity contribution in [3.05, 3.63) is 52.3 Å². The number of likely N-dealkylation sites (tertiary alicyclic amines) is 1. The van der Waals surface area contributed by atoms with Crippen LogP contribution in [0.2, 0.25) is 0 Å². The van der Waals surface area contributed by atoms with Gasteiger partial charge < -0.3 is 10.6 Å². The summed E-state index contributed by atoms with van der Waals surface area (Å²) in [6.07, 6.45) is 4.86. The normalized spacial score (nSPS) is 18.9. The number of halogens is 3. The van der Waals surface area contributed by atoms with Crippen LogP contribution in [-0.4, -0.2) is 33.7 Å². The van der Waals surface area contributed by atoms with E-state index in [9.17, 15) is 4.79 Å². The zero-order valence-corrected chi connectivity index (χ0v) is 17.4. The molecule has 1 aliphatic heterocycles. The Morgan fingerprint density at radius 3 is 2.52 bits per heavy atom. The summed E-state index contributed by atoms with van der Waals surface area (Å²) in [6.45, 7) is 3.23. The first-order chi connectivity index (χ1) is 10.9. The molecule has 1 aromatic heterocycles. The second-order valence-corrected chi connectivity index (χ2v) is 7.31. The van der Waals surface area contributed by atoms with Crippen molar-refractivity contribution in [2.75, 3.05) is 13.1 Å². The van der Waals surface area contributed by atoms with Gasteiger partial charge in [-0.25, -0.2) is 0 Å². The molecule has 0 bridgehead atoms. The molecule has 1 aromatic carbocycles. The van der Waals surface area contributed by atoms with Gasteiger partial charge in [-0.2, -0.15) is 5.10 Å². The summed E-state index contributed by atoms with van der Waals surface area (Å²) >= 11 is 3.41. The highest BCUT2D eigenvalue weighted by Gasteiger charge is 2.38. The van der Waals surface area contributed by atoms with E-state index in [0.29, 0.717) is 12.5 Å².